The molecule has 2 heterocycles. The Balaban J connectivity index is 1.34. The Hall–Kier alpha value is -2.97. The van der Waals surface area contributed by atoms with Gasteiger partial charge >= 0.3 is 0 Å². The SMILES string of the molecule is O=C(CSc1ccc(-c2ccc(-n3cccn3)cc2)nn1)Nc1ccc(Br)cc1. The Morgan fingerprint density at radius 2 is 1.79 bits per heavy atom. The van der Waals surface area contributed by atoms with E-state index in [0.29, 0.717) is 5.03 Å². The quantitative estimate of drug-likeness (QED) is 0.413. The molecule has 144 valence electrons. The van der Waals surface area contributed by atoms with Crippen LogP contribution in [0.3, 0.4) is 0 Å². The van der Waals surface area contributed by atoms with Crippen molar-refractivity contribution < 1.29 is 4.79 Å². The van der Waals surface area contributed by atoms with Gasteiger partial charge in [-0.1, -0.05) is 39.8 Å². The van der Waals surface area contributed by atoms with Gasteiger partial charge in [0.05, 0.1) is 17.1 Å². The Morgan fingerprint density at radius 3 is 2.45 bits per heavy atom. The third kappa shape index (κ3) is 5.10. The van der Waals surface area contributed by atoms with E-state index in [1.807, 2.05) is 72.9 Å². The molecular formula is C21H16BrN5OS. The molecule has 4 aromatic rings. The first kappa shape index (κ1) is 19.4. The van der Waals surface area contributed by atoms with Crippen LogP contribution >= 0.6 is 27.7 Å². The van der Waals surface area contributed by atoms with Crippen molar-refractivity contribution in [3.8, 4) is 16.9 Å². The Bertz CT molecular complexity index is 1080. The van der Waals surface area contributed by atoms with Crippen molar-refractivity contribution >= 4 is 39.3 Å². The molecule has 4 rings (SSSR count). The van der Waals surface area contributed by atoms with Crippen molar-refractivity contribution in [1.82, 2.24) is 20.0 Å². The van der Waals surface area contributed by atoms with Gasteiger partial charge in [0.15, 0.2) is 0 Å². The lowest BCUT2D eigenvalue weighted by molar-refractivity contribution is -0.113. The predicted molar refractivity (Wildman–Crippen MR) is 118 cm³/mol. The number of aromatic nitrogens is 4. The van der Waals surface area contributed by atoms with Crippen molar-refractivity contribution in [1.29, 1.82) is 0 Å². The number of thioether (sulfide) groups is 1. The molecule has 0 bridgehead atoms. The summed E-state index contributed by atoms with van der Waals surface area (Å²) in [6, 6.07) is 21.1. The monoisotopic (exact) mass is 465 g/mol. The predicted octanol–water partition coefficient (Wildman–Crippen LogP) is 4.82. The fraction of sp³-hybridized carbons (Fsp3) is 0.0476. The minimum absolute atomic E-state index is 0.0857. The maximum atomic E-state index is 12.1. The summed E-state index contributed by atoms with van der Waals surface area (Å²) in [5.74, 6) is 0.181. The fourth-order valence-corrected chi connectivity index (χ4v) is 3.51. The molecule has 0 aliphatic rings. The second-order valence-electron chi connectivity index (χ2n) is 6.10. The molecule has 29 heavy (non-hydrogen) atoms. The number of benzene rings is 2. The first-order valence-electron chi connectivity index (χ1n) is 8.80. The number of halogens is 1. The van der Waals surface area contributed by atoms with E-state index in [9.17, 15) is 4.79 Å². The van der Waals surface area contributed by atoms with Gasteiger partial charge in [-0.25, -0.2) is 4.68 Å². The minimum Gasteiger partial charge on any atom is -0.325 e. The summed E-state index contributed by atoms with van der Waals surface area (Å²) in [5.41, 5.74) is 3.49. The average molecular weight is 466 g/mol. The third-order valence-electron chi connectivity index (χ3n) is 4.05. The fourth-order valence-electron chi connectivity index (χ4n) is 2.63. The summed E-state index contributed by atoms with van der Waals surface area (Å²) >= 11 is 4.72. The zero-order chi connectivity index (χ0) is 20.1. The summed E-state index contributed by atoms with van der Waals surface area (Å²) < 4.78 is 2.77. The highest BCUT2D eigenvalue weighted by atomic mass is 79.9. The van der Waals surface area contributed by atoms with E-state index in [1.54, 1.807) is 10.9 Å². The molecule has 0 saturated heterocycles. The first-order chi connectivity index (χ1) is 14.2. The number of hydrogen-bond donors (Lipinski definition) is 1. The molecule has 8 heteroatoms. The van der Waals surface area contributed by atoms with Gasteiger partial charge in [0.25, 0.3) is 0 Å². The van der Waals surface area contributed by atoms with E-state index in [2.05, 4.69) is 36.5 Å². The largest absolute Gasteiger partial charge is 0.325 e. The van der Waals surface area contributed by atoms with E-state index < -0.39 is 0 Å². The normalized spacial score (nSPS) is 10.7. The van der Waals surface area contributed by atoms with Crippen molar-refractivity contribution in [2.24, 2.45) is 0 Å². The lowest BCUT2D eigenvalue weighted by Gasteiger charge is -2.06. The van der Waals surface area contributed by atoms with Gasteiger partial charge in [-0.05, 0) is 54.6 Å². The van der Waals surface area contributed by atoms with Crippen LogP contribution in [0, 0.1) is 0 Å². The molecule has 0 unspecified atom stereocenters. The lowest BCUT2D eigenvalue weighted by Crippen LogP contribution is -2.14. The van der Waals surface area contributed by atoms with Crippen LogP contribution in [0.25, 0.3) is 16.9 Å². The molecule has 0 fully saturated rings. The highest BCUT2D eigenvalue weighted by molar-refractivity contribution is 9.10. The van der Waals surface area contributed by atoms with Gasteiger partial charge in [-0.3, -0.25) is 4.79 Å². The van der Waals surface area contributed by atoms with E-state index in [-0.39, 0.29) is 11.7 Å². The molecule has 0 aliphatic carbocycles. The van der Waals surface area contributed by atoms with Crippen molar-refractivity contribution in [3.05, 3.63) is 83.6 Å². The molecule has 6 nitrogen and oxygen atoms in total. The molecule has 2 aromatic carbocycles. The van der Waals surface area contributed by atoms with Crippen LogP contribution in [-0.2, 0) is 4.79 Å². The molecule has 0 saturated carbocycles. The number of amides is 1. The number of carbonyl (C=O) groups is 1. The Labute approximate surface area is 180 Å². The van der Waals surface area contributed by atoms with Crippen LogP contribution in [-0.4, -0.2) is 31.6 Å². The number of anilines is 1. The van der Waals surface area contributed by atoms with Crippen molar-refractivity contribution in [3.63, 3.8) is 0 Å². The summed E-state index contributed by atoms with van der Waals surface area (Å²) in [5, 5.41) is 16.3. The van der Waals surface area contributed by atoms with Gasteiger partial charge in [-0.2, -0.15) is 5.10 Å². The van der Waals surface area contributed by atoms with Crippen molar-refractivity contribution in [2.45, 2.75) is 5.03 Å². The number of hydrogen-bond acceptors (Lipinski definition) is 5. The number of nitrogens with zero attached hydrogens (tertiary/aromatic N) is 4. The van der Waals surface area contributed by atoms with E-state index in [0.717, 1.165) is 27.1 Å². The van der Waals surface area contributed by atoms with E-state index in [4.69, 9.17) is 0 Å². The molecule has 0 aliphatic heterocycles. The number of rotatable bonds is 6. The molecule has 0 spiro atoms. The van der Waals surface area contributed by atoms with E-state index in [1.165, 1.54) is 11.8 Å². The van der Waals surface area contributed by atoms with Gasteiger partial charge < -0.3 is 5.32 Å². The van der Waals surface area contributed by atoms with Crippen LogP contribution in [0.1, 0.15) is 0 Å². The summed E-state index contributed by atoms with van der Waals surface area (Å²) in [6.45, 7) is 0. The molecule has 0 radical (unpaired) electrons. The summed E-state index contributed by atoms with van der Waals surface area (Å²) in [7, 11) is 0. The van der Waals surface area contributed by atoms with Gasteiger partial charge in [0.2, 0.25) is 5.91 Å². The Morgan fingerprint density at radius 1 is 1.00 bits per heavy atom. The zero-order valence-corrected chi connectivity index (χ0v) is 17.6. The van der Waals surface area contributed by atoms with Gasteiger partial charge in [0.1, 0.15) is 5.03 Å². The summed E-state index contributed by atoms with van der Waals surface area (Å²) in [6.07, 6.45) is 3.64. The lowest BCUT2D eigenvalue weighted by atomic mass is 10.1. The van der Waals surface area contributed by atoms with Crippen LogP contribution in [0.2, 0.25) is 0 Å². The first-order valence-corrected chi connectivity index (χ1v) is 10.6. The van der Waals surface area contributed by atoms with Gasteiger partial charge in [-0.15, -0.1) is 10.2 Å². The van der Waals surface area contributed by atoms with Crippen LogP contribution in [0.15, 0.2) is 88.6 Å². The maximum Gasteiger partial charge on any atom is 0.234 e. The highest BCUT2D eigenvalue weighted by Gasteiger charge is 2.07. The smallest absolute Gasteiger partial charge is 0.234 e. The second-order valence-corrected chi connectivity index (χ2v) is 8.01. The molecular weight excluding hydrogens is 450 g/mol. The standard InChI is InChI=1S/C21H16BrN5OS/c22-16-4-6-17(7-5-16)24-20(28)14-29-21-11-10-19(25-26-21)15-2-8-18(9-3-15)27-13-1-12-23-27/h1-13H,14H2,(H,24,28). The molecule has 1 N–H and O–H groups in total. The van der Waals surface area contributed by atoms with Crippen LogP contribution < -0.4 is 5.32 Å². The van der Waals surface area contributed by atoms with Crippen LogP contribution in [0.4, 0.5) is 5.69 Å². The molecule has 1 amide bonds. The second kappa shape index (κ2) is 9.02. The zero-order valence-electron chi connectivity index (χ0n) is 15.2. The number of nitrogens with one attached hydrogen (secondary N) is 1. The van der Waals surface area contributed by atoms with E-state index >= 15 is 0 Å². The van der Waals surface area contributed by atoms with Crippen molar-refractivity contribution in [2.75, 3.05) is 11.1 Å². The Kier molecular flexibility index (Phi) is 6.02. The van der Waals surface area contributed by atoms with Crippen LogP contribution in [0.5, 0.6) is 0 Å². The maximum absolute atomic E-state index is 12.1. The molecule has 2 aromatic heterocycles. The number of carbonyl (C=O) groups excluding carboxylic acids is 1. The average Bonchev–Trinajstić information content (AvgIpc) is 3.29. The van der Waals surface area contributed by atoms with Gasteiger partial charge in [0, 0.05) is 28.1 Å². The highest BCUT2D eigenvalue weighted by Crippen LogP contribution is 2.21. The molecule has 0 atom stereocenters. The third-order valence-corrected chi connectivity index (χ3v) is 5.50. The summed E-state index contributed by atoms with van der Waals surface area (Å²) in [4.78, 5) is 12.1. The topological polar surface area (TPSA) is 72.7 Å². The minimum atomic E-state index is -0.0857.